The first kappa shape index (κ1) is 12.5. The lowest BCUT2D eigenvalue weighted by molar-refractivity contribution is -0.146. The fourth-order valence-corrected chi connectivity index (χ4v) is 1.39. The van der Waals surface area contributed by atoms with Crippen LogP contribution in [0.5, 0.6) is 0 Å². The summed E-state index contributed by atoms with van der Waals surface area (Å²) in [6.45, 7) is 6.07. The molecule has 1 rings (SSSR count). The zero-order valence-electron chi connectivity index (χ0n) is 10.1. The molecule has 0 saturated heterocycles. The van der Waals surface area contributed by atoms with Crippen molar-refractivity contribution in [2.24, 2.45) is 5.92 Å². The molecule has 0 radical (unpaired) electrons. The number of carbonyl (C=O) groups is 1. The van der Waals surface area contributed by atoms with Gasteiger partial charge in [0.05, 0.1) is 12.5 Å². The van der Waals surface area contributed by atoms with Crippen LogP contribution >= 0.6 is 0 Å². The third kappa shape index (κ3) is 3.54. The van der Waals surface area contributed by atoms with Crippen molar-refractivity contribution in [3.63, 3.8) is 0 Å². The molecular weight excluding hydrogens is 200 g/mol. The first-order valence-corrected chi connectivity index (χ1v) is 5.55. The van der Waals surface area contributed by atoms with Gasteiger partial charge in [0.25, 0.3) is 0 Å². The van der Waals surface area contributed by atoms with Gasteiger partial charge in [-0.2, -0.15) is 0 Å². The van der Waals surface area contributed by atoms with Crippen LogP contribution in [0.15, 0.2) is 35.9 Å². The maximum absolute atomic E-state index is 11.5. The molecule has 1 atom stereocenters. The van der Waals surface area contributed by atoms with Crippen molar-refractivity contribution in [2.45, 2.75) is 20.8 Å². The van der Waals surface area contributed by atoms with Gasteiger partial charge < -0.3 is 4.74 Å². The zero-order chi connectivity index (χ0) is 12.0. The summed E-state index contributed by atoms with van der Waals surface area (Å²) < 4.78 is 4.98. The summed E-state index contributed by atoms with van der Waals surface area (Å²) in [6.07, 6.45) is 2.02. The van der Waals surface area contributed by atoms with E-state index in [1.807, 2.05) is 57.2 Å². The highest BCUT2D eigenvalue weighted by atomic mass is 16.5. The van der Waals surface area contributed by atoms with Gasteiger partial charge >= 0.3 is 5.97 Å². The van der Waals surface area contributed by atoms with Crippen LogP contribution in [0.3, 0.4) is 0 Å². The van der Waals surface area contributed by atoms with E-state index in [4.69, 9.17) is 4.74 Å². The number of hydrogen-bond donors (Lipinski definition) is 0. The van der Waals surface area contributed by atoms with Gasteiger partial charge in [-0.15, -0.1) is 0 Å². The van der Waals surface area contributed by atoms with Crippen LogP contribution in [0.4, 0.5) is 0 Å². The Balaban J connectivity index is 2.74. The molecule has 1 aromatic rings. The maximum Gasteiger partial charge on any atom is 0.312 e. The standard InChI is InChI=1S/C14H18O2/c1-4-16-14(15)12(3)11(2)10-13-8-6-5-7-9-13/h5-10,12H,4H2,1-3H3/b11-10-. The Morgan fingerprint density at radius 2 is 2.00 bits per heavy atom. The molecule has 86 valence electrons. The molecule has 1 aromatic carbocycles. The highest BCUT2D eigenvalue weighted by Gasteiger charge is 2.15. The number of carbonyl (C=O) groups excluding carboxylic acids is 1. The molecule has 0 fully saturated rings. The van der Waals surface area contributed by atoms with Gasteiger partial charge in [0, 0.05) is 0 Å². The van der Waals surface area contributed by atoms with Gasteiger partial charge in [-0.05, 0) is 26.3 Å². The van der Waals surface area contributed by atoms with Crippen molar-refractivity contribution >= 4 is 12.0 Å². The van der Waals surface area contributed by atoms with Gasteiger partial charge in [0.15, 0.2) is 0 Å². The summed E-state index contributed by atoms with van der Waals surface area (Å²) in [7, 11) is 0. The molecule has 0 aliphatic rings. The molecule has 0 aliphatic carbocycles. The lowest BCUT2D eigenvalue weighted by Gasteiger charge is -2.10. The van der Waals surface area contributed by atoms with E-state index in [0.717, 1.165) is 11.1 Å². The van der Waals surface area contributed by atoms with Gasteiger partial charge in [-0.3, -0.25) is 4.79 Å². The largest absolute Gasteiger partial charge is 0.466 e. The average Bonchev–Trinajstić information content (AvgIpc) is 2.29. The average molecular weight is 218 g/mol. The number of rotatable bonds is 4. The molecule has 0 spiro atoms. The molecule has 1 unspecified atom stereocenters. The van der Waals surface area contributed by atoms with E-state index in [0.29, 0.717) is 6.61 Å². The van der Waals surface area contributed by atoms with Crippen LogP contribution in [0.25, 0.3) is 6.08 Å². The van der Waals surface area contributed by atoms with Crippen molar-refractivity contribution < 1.29 is 9.53 Å². The lowest BCUT2D eigenvalue weighted by atomic mass is 10.0. The molecule has 16 heavy (non-hydrogen) atoms. The third-order valence-electron chi connectivity index (χ3n) is 2.52. The van der Waals surface area contributed by atoms with E-state index in [9.17, 15) is 4.79 Å². The molecule has 0 heterocycles. The minimum Gasteiger partial charge on any atom is -0.466 e. The minimum absolute atomic E-state index is 0.160. The first-order chi connectivity index (χ1) is 7.65. The van der Waals surface area contributed by atoms with E-state index in [2.05, 4.69) is 0 Å². The highest BCUT2D eigenvalue weighted by molar-refractivity contribution is 5.77. The van der Waals surface area contributed by atoms with E-state index in [1.54, 1.807) is 0 Å². The second-order valence-corrected chi connectivity index (χ2v) is 3.77. The molecule has 0 amide bonds. The zero-order valence-corrected chi connectivity index (χ0v) is 10.1. The Morgan fingerprint density at radius 3 is 2.56 bits per heavy atom. The number of hydrogen-bond acceptors (Lipinski definition) is 2. The van der Waals surface area contributed by atoms with Crippen molar-refractivity contribution in [3.05, 3.63) is 41.5 Å². The molecule has 0 N–H and O–H groups in total. The van der Waals surface area contributed by atoms with Gasteiger partial charge in [-0.25, -0.2) is 0 Å². The summed E-state index contributed by atoms with van der Waals surface area (Å²) in [5.74, 6) is -0.340. The van der Waals surface area contributed by atoms with Crippen molar-refractivity contribution in [2.75, 3.05) is 6.61 Å². The minimum atomic E-state index is -0.180. The first-order valence-electron chi connectivity index (χ1n) is 5.55. The Morgan fingerprint density at radius 1 is 1.38 bits per heavy atom. The SMILES string of the molecule is CCOC(=O)C(C)/C(C)=C\c1ccccc1. The predicted octanol–water partition coefficient (Wildman–Crippen LogP) is 3.29. The summed E-state index contributed by atoms with van der Waals surface area (Å²) in [5.41, 5.74) is 2.13. The van der Waals surface area contributed by atoms with Gasteiger partial charge in [-0.1, -0.05) is 42.0 Å². The van der Waals surface area contributed by atoms with E-state index < -0.39 is 0 Å². The van der Waals surface area contributed by atoms with E-state index in [-0.39, 0.29) is 11.9 Å². The van der Waals surface area contributed by atoms with Crippen LogP contribution in [0, 0.1) is 5.92 Å². The third-order valence-corrected chi connectivity index (χ3v) is 2.52. The summed E-state index contributed by atoms with van der Waals surface area (Å²) in [6, 6.07) is 9.96. The highest BCUT2D eigenvalue weighted by Crippen LogP contribution is 2.15. The number of esters is 1. The van der Waals surface area contributed by atoms with Crippen LogP contribution in [-0.4, -0.2) is 12.6 Å². The number of benzene rings is 1. The Labute approximate surface area is 96.9 Å². The monoisotopic (exact) mass is 218 g/mol. The molecule has 0 bridgehead atoms. The van der Waals surface area contributed by atoms with Gasteiger partial charge in [0.1, 0.15) is 0 Å². The predicted molar refractivity (Wildman–Crippen MR) is 65.9 cm³/mol. The van der Waals surface area contributed by atoms with Crippen molar-refractivity contribution in [3.8, 4) is 0 Å². The molecule has 0 saturated carbocycles. The number of ether oxygens (including phenoxy) is 1. The second-order valence-electron chi connectivity index (χ2n) is 3.77. The fourth-order valence-electron chi connectivity index (χ4n) is 1.39. The molecule has 2 nitrogen and oxygen atoms in total. The summed E-state index contributed by atoms with van der Waals surface area (Å²) >= 11 is 0. The molecular formula is C14H18O2. The summed E-state index contributed by atoms with van der Waals surface area (Å²) in [4.78, 5) is 11.5. The van der Waals surface area contributed by atoms with Crippen LogP contribution in [-0.2, 0) is 9.53 Å². The maximum atomic E-state index is 11.5. The Kier molecular flexibility index (Phi) is 4.77. The van der Waals surface area contributed by atoms with Crippen LogP contribution in [0.2, 0.25) is 0 Å². The topological polar surface area (TPSA) is 26.3 Å². The normalized spacial score (nSPS) is 13.3. The fraction of sp³-hybridized carbons (Fsp3) is 0.357. The lowest BCUT2D eigenvalue weighted by Crippen LogP contribution is -2.15. The van der Waals surface area contributed by atoms with Gasteiger partial charge in [0.2, 0.25) is 0 Å². The quantitative estimate of drug-likeness (QED) is 0.725. The van der Waals surface area contributed by atoms with Crippen molar-refractivity contribution in [1.29, 1.82) is 0 Å². The molecule has 0 aromatic heterocycles. The van der Waals surface area contributed by atoms with Crippen molar-refractivity contribution in [1.82, 2.24) is 0 Å². The molecule has 0 aliphatic heterocycles. The van der Waals surface area contributed by atoms with Crippen LogP contribution in [0.1, 0.15) is 26.3 Å². The Hall–Kier alpha value is -1.57. The second kappa shape index (κ2) is 6.11. The van der Waals surface area contributed by atoms with E-state index >= 15 is 0 Å². The smallest absolute Gasteiger partial charge is 0.312 e. The summed E-state index contributed by atoms with van der Waals surface area (Å²) in [5, 5.41) is 0. The Bertz CT molecular complexity index is 366. The van der Waals surface area contributed by atoms with E-state index in [1.165, 1.54) is 0 Å². The molecule has 2 heteroatoms. The van der Waals surface area contributed by atoms with Crippen LogP contribution < -0.4 is 0 Å².